The zero-order chi connectivity index (χ0) is 13.1. The second-order valence-electron chi connectivity index (χ2n) is 4.87. The van der Waals surface area contributed by atoms with E-state index in [4.69, 9.17) is 0 Å². The maximum Gasteiger partial charge on any atom is 0.220 e. The van der Waals surface area contributed by atoms with E-state index >= 15 is 0 Å². The zero-order valence-electron chi connectivity index (χ0n) is 10.3. The highest BCUT2D eigenvalue weighted by molar-refractivity contribution is 9.10. The summed E-state index contributed by atoms with van der Waals surface area (Å²) in [5, 5.41) is 12.6. The molecule has 0 spiro atoms. The summed E-state index contributed by atoms with van der Waals surface area (Å²) in [6.07, 6.45) is 1.82. The fourth-order valence-corrected chi connectivity index (χ4v) is 2.67. The van der Waals surface area contributed by atoms with Gasteiger partial charge in [-0.05, 0) is 29.0 Å². The van der Waals surface area contributed by atoms with Crippen LogP contribution in [-0.2, 0) is 11.3 Å². The van der Waals surface area contributed by atoms with Gasteiger partial charge in [-0.1, -0.05) is 0 Å². The number of rotatable bonds is 4. The summed E-state index contributed by atoms with van der Waals surface area (Å²) in [6.45, 7) is 1.92. The van der Waals surface area contributed by atoms with Gasteiger partial charge in [0.05, 0.1) is 12.6 Å². The van der Waals surface area contributed by atoms with Crippen molar-refractivity contribution in [1.82, 2.24) is 15.2 Å². The van der Waals surface area contributed by atoms with E-state index in [1.165, 1.54) is 0 Å². The van der Waals surface area contributed by atoms with Gasteiger partial charge in [0.25, 0.3) is 0 Å². The first-order valence-corrected chi connectivity index (χ1v) is 6.80. The number of aliphatic hydroxyl groups excluding tert-OH is 1. The zero-order valence-corrected chi connectivity index (χ0v) is 11.9. The number of carbonyl (C=O) groups is 1. The Morgan fingerprint density at radius 3 is 3.00 bits per heavy atom. The standard InChI is InChI=1S/C12H18BrN3O2/c1-16-6-8(11(17)7-16)2-12(18)15-5-10-3-9(13)4-14-10/h3-4,8,11,14,17H,2,5-7H2,1H3,(H,15,18)/t8-,11-/m1/s1. The minimum atomic E-state index is -0.389. The van der Waals surface area contributed by atoms with Crippen LogP contribution in [0.5, 0.6) is 0 Å². The molecule has 3 N–H and O–H groups in total. The average molecular weight is 316 g/mol. The number of hydrogen-bond acceptors (Lipinski definition) is 3. The van der Waals surface area contributed by atoms with Gasteiger partial charge < -0.3 is 20.3 Å². The summed E-state index contributed by atoms with van der Waals surface area (Å²) in [4.78, 5) is 16.9. The minimum Gasteiger partial charge on any atom is -0.391 e. The maximum absolute atomic E-state index is 11.8. The van der Waals surface area contributed by atoms with Crippen LogP contribution in [-0.4, -0.2) is 47.1 Å². The number of β-amino-alcohol motifs (C(OH)–C–C–N with tert-alkyl or cyclic N) is 1. The monoisotopic (exact) mass is 315 g/mol. The number of hydrogen-bond donors (Lipinski definition) is 3. The number of likely N-dealkylation sites (tertiary alicyclic amines) is 1. The Hall–Kier alpha value is -0.850. The average Bonchev–Trinajstić information content (AvgIpc) is 2.83. The van der Waals surface area contributed by atoms with E-state index in [2.05, 4.69) is 26.2 Å². The number of likely N-dealkylation sites (N-methyl/N-ethyl adjacent to an activating group) is 1. The SMILES string of the molecule is CN1C[C@@H](CC(=O)NCc2cc(Br)c[nH]2)[C@H](O)C1. The fraction of sp³-hybridized carbons (Fsp3) is 0.583. The van der Waals surface area contributed by atoms with Gasteiger partial charge in [-0.15, -0.1) is 0 Å². The molecule has 0 unspecified atom stereocenters. The summed E-state index contributed by atoms with van der Waals surface area (Å²) in [5.41, 5.74) is 0.958. The topological polar surface area (TPSA) is 68.4 Å². The quantitative estimate of drug-likeness (QED) is 0.766. The molecule has 2 rings (SSSR count). The number of aliphatic hydroxyl groups is 1. The van der Waals surface area contributed by atoms with Gasteiger partial charge >= 0.3 is 0 Å². The van der Waals surface area contributed by atoms with Crippen LogP contribution in [0.3, 0.4) is 0 Å². The third-order valence-corrected chi connectivity index (χ3v) is 3.68. The number of amides is 1. The number of aromatic amines is 1. The van der Waals surface area contributed by atoms with E-state index in [0.29, 0.717) is 19.5 Å². The molecule has 0 aliphatic carbocycles. The molecule has 6 heteroatoms. The molecule has 100 valence electrons. The lowest BCUT2D eigenvalue weighted by molar-refractivity contribution is -0.122. The molecule has 1 saturated heterocycles. The van der Waals surface area contributed by atoms with Gasteiger partial charge in [0.15, 0.2) is 0 Å². The highest BCUT2D eigenvalue weighted by Crippen LogP contribution is 2.18. The van der Waals surface area contributed by atoms with Crippen LogP contribution in [0.4, 0.5) is 0 Å². The Morgan fingerprint density at radius 1 is 1.67 bits per heavy atom. The molecule has 1 aliphatic rings. The van der Waals surface area contributed by atoms with Gasteiger partial charge in [0, 0.05) is 41.8 Å². The number of nitrogens with one attached hydrogen (secondary N) is 2. The first-order chi connectivity index (χ1) is 8.54. The van der Waals surface area contributed by atoms with Crippen molar-refractivity contribution in [2.45, 2.75) is 19.1 Å². The first-order valence-electron chi connectivity index (χ1n) is 6.00. The lowest BCUT2D eigenvalue weighted by Gasteiger charge is -2.12. The van der Waals surface area contributed by atoms with Gasteiger partial charge in [0.1, 0.15) is 0 Å². The Morgan fingerprint density at radius 2 is 2.44 bits per heavy atom. The number of halogens is 1. The molecule has 1 aliphatic heterocycles. The molecule has 2 heterocycles. The van der Waals surface area contributed by atoms with Crippen molar-refractivity contribution in [3.05, 3.63) is 22.4 Å². The second kappa shape index (κ2) is 5.86. The lowest BCUT2D eigenvalue weighted by Crippen LogP contribution is -2.29. The molecule has 18 heavy (non-hydrogen) atoms. The van der Waals surface area contributed by atoms with Gasteiger partial charge in [-0.25, -0.2) is 0 Å². The maximum atomic E-state index is 11.8. The predicted molar refractivity (Wildman–Crippen MR) is 72.0 cm³/mol. The van der Waals surface area contributed by atoms with Gasteiger partial charge in [0.2, 0.25) is 5.91 Å². The molecule has 5 nitrogen and oxygen atoms in total. The van der Waals surface area contributed by atoms with Crippen molar-refractivity contribution >= 4 is 21.8 Å². The molecular weight excluding hydrogens is 298 g/mol. The Bertz CT molecular complexity index is 421. The Kier molecular flexibility index (Phi) is 4.42. The molecule has 1 fully saturated rings. The second-order valence-corrected chi connectivity index (χ2v) is 5.79. The van der Waals surface area contributed by atoms with Crippen molar-refractivity contribution < 1.29 is 9.90 Å². The van der Waals surface area contributed by atoms with Crippen LogP contribution in [0, 0.1) is 5.92 Å². The highest BCUT2D eigenvalue weighted by Gasteiger charge is 2.30. The van der Waals surface area contributed by atoms with Crippen molar-refractivity contribution in [3.63, 3.8) is 0 Å². The molecule has 2 atom stereocenters. The number of carbonyl (C=O) groups excluding carboxylic acids is 1. The molecule has 1 amide bonds. The van der Waals surface area contributed by atoms with Gasteiger partial charge in [-0.2, -0.15) is 0 Å². The van der Waals surface area contributed by atoms with E-state index < -0.39 is 0 Å². The normalized spacial score (nSPS) is 24.4. The van der Waals surface area contributed by atoms with E-state index in [1.54, 1.807) is 0 Å². The smallest absolute Gasteiger partial charge is 0.220 e. The van der Waals surface area contributed by atoms with Crippen LogP contribution in [0.1, 0.15) is 12.1 Å². The molecule has 0 saturated carbocycles. The van der Waals surface area contributed by atoms with Crippen molar-refractivity contribution in [2.75, 3.05) is 20.1 Å². The molecule has 0 aromatic carbocycles. The highest BCUT2D eigenvalue weighted by atomic mass is 79.9. The predicted octanol–water partition coefficient (Wildman–Crippen LogP) is 0.706. The van der Waals surface area contributed by atoms with E-state index in [1.807, 2.05) is 24.2 Å². The molecule has 1 aromatic rings. The summed E-state index contributed by atoms with van der Waals surface area (Å²) in [7, 11) is 1.96. The molecule has 1 aromatic heterocycles. The van der Waals surface area contributed by atoms with Crippen molar-refractivity contribution in [2.24, 2.45) is 5.92 Å². The third-order valence-electron chi connectivity index (χ3n) is 3.22. The van der Waals surface area contributed by atoms with E-state index in [-0.39, 0.29) is 17.9 Å². The lowest BCUT2D eigenvalue weighted by atomic mass is 10.0. The third kappa shape index (κ3) is 3.57. The number of nitrogens with zero attached hydrogens (tertiary/aromatic N) is 1. The van der Waals surface area contributed by atoms with Crippen molar-refractivity contribution in [1.29, 1.82) is 0 Å². The minimum absolute atomic E-state index is 0.0138. The van der Waals surface area contributed by atoms with Crippen LogP contribution >= 0.6 is 15.9 Å². The van der Waals surface area contributed by atoms with Crippen LogP contribution < -0.4 is 5.32 Å². The van der Waals surface area contributed by atoms with E-state index in [0.717, 1.165) is 16.7 Å². The van der Waals surface area contributed by atoms with Crippen molar-refractivity contribution in [3.8, 4) is 0 Å². The number of H-pyrrole nitrogens is 1. The Balaban J connectivity index is 1.75. The van der Waals surface area contributed by atoms with E-state index in [9.17, 15) is 9.90 Å². The Labute approximate surface area is 115 Å². The fourth-order valence-electron chi connectivity index (χ4n) is 2.28. The van der Waals surface area contributed by atoms with Gasteiger partial charge in [-0.3, -0.25) is 4.79 Å². The summed E-state index contributed by atoms with van der Waals surface area (Å²) in [6, 6.07) is 1.93. The first kappa shape index (κ1) is 13.6. The molecular formula is C12H18BrN3O2. The molecule has 0 radical (unpaired) electrons. The largest absolute Gasteiger partial charge is 0.391 e. The summed E-state index contributed by atoms with van der Waals surface area (Å²) < 4.78 is 0.972. The summed E-state index contributed by atoms with van der Waals surface area (Å²) >= 11 is 3.34. The molecule has 0 bridgehead atoms. The van der Waals surface area contributed by atoms with Crippen LogP contribution in [0.2, 0.25) is 0 Å². The summed E-state index contributed by atoms with van der Waals surface area (Å²) in [5.74, 6) is 0.0328. The number of aromatic nitrogens is 1. The van der Waals surface area contributed by atoms with Crippen LogP contribution in [0.25, 0.3) is 0 Å². The van der Waals surface area contributed by atoms with Crippen LogP contribution in [0.15, 0.2) is 16.7 Å².